The van der Waals surface area contributed by atoms with Gasteiger partial charge in [-0.3, -0.25) is 10.1 Å². The summed E-state index contributed by atoms with van der Waals surface area (Å²) in [5.41, 5.74) is 0.340. The van der Waals surface area contributed by atoms with Gasteiger partial charge in [-0.2, -0.15) is 4.31 Å². The van der Waals surface area contributed by atoms with E-state index < -0.39 is 20.6 Å². The lowest BCUT2D eigenvalue weighted by Crippen LogP contribution is -2.30. The van der Waals surface area contributed by atoms with Gasteiger partial charge >= 0.3 is 5.69 Å². The minimum absolute atomic E-state index is 0.00604. The highest BCUT2D eigenvalue weighted by molar-refractivity contribution is 7.89. The van der Waals surface area contributed by atoms with Crippen LogP contribution in [0, 0.1) is 10.1 Å². The summed E-state index contributed by atoms with van der Waals surface area (Å²) in [4.78, 5) is 10.6. The molecule has 2 aromatic rings. The molecule has 0 aliphatic carbocycles. The Hall–Kier alpha value is -2.16. The van der Waals surface area contributed by atoms with Gasteiger partial charge in [0.15, 0.2) is 5.75 Å². The van der Waals surface area contributed by atoms with Crippen molar-refractivity contribution in [2.75, 3.05) is 13.1 Å². The van der Waals surface area contributed by atoms with Crippen molar-refractivity contribution in [2.45, 2.75) is 25.3 Å². The molecule has 0 unspecified atom stereocenters. The van der Waals surface area contributed by atoms with Gasteiger partial charge in [-0.1, -0.05) is 37.6 Å². The molecule has 7 nitrogen and oxygen atoms in total. The highest BCUT2D eigenvalue weighted by Crippen LogP contribution is 2.31. The largest absolute Gasteiger partial charge is 0.482 e. The zero-order valence-electron chi connectivity index (χ0n) is 14.4. The first-order chi connectivity index (χ1) is 12.3. The maximum absolute atomic E-state index is 12.5. The first-order valence-corrected chi connectivity index (χ1v) is 9.77. The van der Waals surface area contributed by atoms with Gasteiger partial charge in [-0.05, 0) is 29.8 Å². The minimum atomic E-state index is -3.79. The Morgan fingerprint density at radius 3 is 2.42 bits per heavy atom. The van der Waals surface area contributed by atoms with Crippen LogP contribution < -0.4 is 4.74 Å². The molecule has 0 aromatic heterocycles. The molecule has 140 valence electrons. The number of ether oxygens (including phenoxy) is 1. The van der Waals surface area contributed by atoms with Gasteiger partial charge in [0.2, 0.25) is 10.0 Å². The molecular weight excluding hydrogens is 380 g/mol. The van der Waals surface area contributed by atoms with E-state index in [0.29, 0.717) is 5.02 Å². The number of sulfonamides is 1. The number of nitro benzene ring substituents is 1. The summed E-state index contributed by atoms with van der Waals surface area (Å²) in [5.74, 6) is -0.00604. The van der Waals surface area contributed by atoms with Crippen molar-refractivity contribution in [3.05, 3.63) is 63.2 Å². The van der Waals surface area contributed by atoms with Crippen molar-refractivity contribution in [3.8, 4) is 5.75 Å². The molecule has 0 atom stereocenters. The molecule has 0 heterocycles. The van der Waals surface area contributed by atoms with E-state index in [2.05, 4.69) is 0 Å². The number of nitro groups is 1. The Bertz CT molecular complexity index is 898. The second kappa shape index (κ2) is 8.48. The fraction of sp³-hybridized carbons (Fsp3) is 0.294. The second-order valence-electron chi connectivity index (χ2n) is 5.39. The average Bonchev–Trinajstić information content (AvgIpc) is 2.60. The summed E-state index contributed by atoms with van der Waals surface area (Å²) in [6.07, 6.45) is 0. The van der Waals surface area contributed by atoms with Gasteiger partial charge in [-0.15, -0.1) is 0 Å². The number of rotatable bonds is 8. The third-order valence-electron chi connectivity index (χ3n) is 3.75. The summed E-state index contributed by atoms with van der Waals surface area (Å²) in [5, 5.41) is 11.9. The predicted octanol–water partition coefficient (Wildman–Crippen LogP) is 3.86. The van der Waals surface area contributed by atoms with Crippen LogP contribution in [0.15, 0.2) is 47.4 Å². The highest BCUT2D eigenvalue weighted by Gasteiger charge is 2.26. The Balaban J connectivity index is 2.33. The zero-order valence-corrected chi connectivity index (χ0v) is 16.0. The van der Waals surface area contributed by atoms with Crippen molar-refractivity contribution < 1.29 is 18.1 Å². The van der Waals surface area contributed by atoms with Gasteiger partial charge in [0.1, 0.15) is 6.61 Å². The molecule has 0 aliphatic rings. The summed E-state index contributed by atoms with van der Waals surface area (Å²) < 4.78 is 31.8. The standard InChI is InChI=1S/C17H19ClN2O5S/c1-3-19(4-2)26(23,24)15-8-9-17(16(11-15)20(21)22)25-12-13-6-5-7-14(18)10-13/h5-11H,3-4,12H2,1-2H3. The molecule has 0 fully saturated rings. The lowest BCUT2D eigenvalue weighted by atomic mass is 10.2. The van der Waals surface area contributed by atoms with Gasteiger partial charge in [-0.25, -0.2) is 8.42 Å². The molecule has 0 saturated carbocycles. The van der Waals surface area contributed by atoms with Crippen LogP contribution in [0.2, 0.25) is 5.02 Å². The molecule has 2 rings (SSSR count). The smallest absolute Gasteiger partial charge is 0.312 e. The zero-order chi connectivity index (χ0) is 19.3. The van der Waals surface area contributed by atoms with Crippen molar-refractivity contribution in [1.29, 1.82) is 0 Å². The normalized spacial score (nSPS) is 11.5. The van der Waals surface area contributed by atoms with E-state index in [0.717, 1.165) is 11.6 Å². The molecule has 0 N–H and O–H groups in total. The van der Waals surface area contributed by atoms with Crippen LogP contribution in [0.4, 0.5) is 5.69 Å². The molecule has 0 aliphatic heterocycles. The van der Waals surface area contributed by atoms with E-state index in [1.807, 2.05) is 0 Å². The van der Waals surface area contributed by atoms with E-state index in [4.69, 9.17) is 16.3 Å². The molecular formula is C17H19ClN2O5S. The van der Waals surface area contributed by atoms with Crippen LogP contribution >= 0.6 is 11.6 Å². The van der Waals surface area contributed by atoms with E-state index in [-0.39, 0.29) is 30.3 Å². The molecule has 0 bridgehead atoms. The number of hydrogen-bond acceptors (Lipinski definition) is 5. The Labute approximate surface area is 157 Å². The summed E-state index contributed by atoms with van der Waals surface area (Å²) >= 11 is 5.90. The van der Waals surface area contributed by atoms with Crippen LogP contribution in [-0.2, 0) is 16.6 Å². The molecule has 0 saturated heterocycles. The number of hydrogen-bond donors (Lipinski definition) is 0. The average molecular weight is 399 g/mol. The van der Waals surface area contributed by atoms with Crippen molar-refractivity contribution >= 4 is 27.3 Å². The van der Waals surface area contributed by atoms with E-state index in [1.165, 1.54) is 16.4 Å². The van der Waals surface area contributed by atoms with Crippen LogP contribution in [0.25, 0.3) is 0 Å². The van der Waals surface area contributed by atoms with Gasteiger partial charge in [0.25, 0.3) is 0 Å². The Kier molecular flexibility index (Phi) is 6.57. The molecule has 9 heteroatoms. The van der Waals surface area contributed by atoms with Gasteiger partial charge in [0.05, 0.1) is 9.82 Å². The number of nitrogens with zero attached hydrogens (tertiary/aromatic N) is 2. The number of benzene rings is 2. The van der Waals surface area contributed by atoms with Crippen molar-refractivity contribution in [3.63, 3.8) is 0 Å². The van der Waals surface area contributed by atoms with Gasteiger partial charge < -0.3 is 4.74 Å². The summed E-state index contributed by atoms with van der Waals surface area (Å²) in [6.45, 7) is 4.04. The topological polar surface area (TPSA) is 89.8 Å². The SMILES string of the molecule is CCN(CC)S(=O)(=O)c1ccc(OCc2cccc(Cl)c2)c([N+](=O)[O-])c1. The van der Waals surface area contributed by atoms with Crippen LogP contribution in [0.1, 0.15) is 19.4 Å². The van der Waals surface area contributed by atoms with E-state index in [9.17, 15) is 18.5 Å². The number of halogens is 1. The predicted molar refractivity (Wildman–Crippen MR) is 99.0 cm³/mol. The minimum Gasteiger partial charge on any atom is -0.482 e. The van der Waals surface area contributed by atoms with Crippen molar-refractivity contribution in [1.82, 2.24) is 4.31 Å². The van der Waals surface area contributed by atoms with Gasteiger partial charge in [0, 0.05) is 24.2 Å². The van der Waals surface area contributed by atoms with E-state index >= 15 is 0 Å². The third-order valence-corrected chi connectivity index (χ3v) is 6.03. The molecule has 2 aromatic carbocycles. The van der Waals surface area contributed by atoms with Crippen LogP contribution in [0.5, 0.6) is 5.75 Å². The second-order valence-corrected chi connectivity index (χ2v) is 7.77. The molecule has 0 spiro atoms. The Morgan fingerprint density at radius 1 is 1.15 bits per heavy atom. The maximum atomic E-state index is 12.5. The monoisotopic (exact) mass is 398 g/mol. The molecule has 26 heavy (non-hydrogen) atoms. The quantitative estimate of drug-likeness (QED) is 0.497. The lowest BCUT2D eigenvalue weighted by Gasteiger charge is -2.18. The van der Waals surface area contributed by atoms with Crippen molar-refractivity contribution in [2.24, 2.45) is 0 Å². The fourth-order valence-electron chi connectivity index (χ4n) is 2.42. The maximum Gasteiger partial charge on any atom is 0.312 e. The highest BCUT2D eigenvalue weighted by atomic mass is 35.5. The first kappa shape index (κ1) is 20.2. The third kappa shape index (κ3) is 4.51. The summed E-state index contributed by atoms with van der Waals surface area (Å²) in [7, 11) is -3.79. The Morgan fingerprint density at radius 2 is 1.85 bits per heavy atom. The molecule has 0 amide bonds. The lowest BCUT2D eigenvalue weighted by molar-refractivity contribution is -0.386. The van der Waals surface area contributed by atoms with Crippen LogP contribution in [0.3, 0.4) is 0 Å². The summed E-state index contributed by atoms with van der Waals surface area (Å²) in [6, 6.07) is 10.6. The molecule has 0 radical (unpaired) electrons. The van der Waals surface area contributed by atoms with E-state index in [1.54, 1.807) is 38.1 Å². The fourth-order valence-corrected chi connectivity index (χ4v) is 4.11. The van der Waals surface area contributed by atoms with Crippen LogP contribution in [-0.4, -0.2) is 30.7 Å². The first-order valence-electron chi connectivity index (χ1n) is 7.95.